The van der Waals surface area contributed by atoms with Crippen LogP contribution in [0.15, 0.2) is 121 Å². The molecule has 0 atom stereocenters. The van der Waals surface area contributed by atoms with Crippen LogP contribution in [0.5, 0.6) is 0 Å². The van der Waals surface area contributed by atoms with Gasteiger partial charge in [0.25, 0.3) is 0 Å². The molecule has 0 saturated carbocycles. The van der Waals surface area contributed by atoms with Gasteiger partial charge in [0.1, 0.15) is 12.3 Å². The summed E-state index contributed by atoms with van der Waals surface area (Å²) < 4.78 is 26.1. The van der Waals surface area contributed by atoms with Crippen LogP contribution in [0.4, 0.5) is 0 Å². The van der Waals surface area contributed by atoms with Crippen LogP contribution in [-0.2, 0) is 46.0 Å². The molecule has 0 aromatic heterocycles. The van der Waals surface area contributed by atoms with E-state index < -0.39 is 26.2 Å². The molecule has 0 spiro atoms. The van der Waals surface area contributed by atoms with E-state index in [-0.39, 0.29) is 39.6 Å². The summed E-state index contributed by atoms with van der Waals surface area (Å²) in [6.07, 6.45) is -0.720. The first kappa shape index (κ1) is 30.4. The van der Waals surface area contributed by atoms with E-state index in [0.717, 1.165) is 0 Å². The number of rotatable bonds is 8. The van der Waals surface area contributed by atoms with E-state index in [0.29, 0.717) is 21.2 Å². The molecule has 0 aliphatic rings. The van der Waals surface area contributed by atoms with Crippen LogP contribution < -0.4 is 21.2 Å². The Morgan fingerprint density at radius 3 is 0.811 bits per heavy atom. The average Bonchev–Trinajstić information content (AvgIpc) is 2.90. The van der Waals surface area contributed by atoms with Crippen molar-refractivity contribution in [1.82, 2.24) is 0 Å². The number of hydrogen-bond donors (Lipinski definition) is 2. The first-order chi connectivity index (χ1) is 17.3. The smallest absolute Gasteiger partial charge is 0.311 e. The van der Waals surface area contributed by atoms with E-state index in [9.17, 15) is 18.7 Å². The van der Waals surface area contributed by atoms with Crippen molar-refractivity contribution in [2.45, 2.75) is 0 Å². The molecule has 0 amide bonds. The summed E-state index contributed by atoms with van der Waals surface area (Å²) >= 11 is 0. The first-order valence-corrected chi connectivity index (χ1v) is 14.9. The van der Waals surface area contributed by atoms with E-state index >= 15 is 0 Å². The fourth-order valence-electron chi connectivity index (χ4n) is 3.72. The Hall–Kier alpha value is -2.80. The fourth-order valence-corrected chi connectivity index (χ4v) is 8.42. The van der Waals surface area contributed by atoms with Gasteiger partial charge in [-0.05, 0) is 0 Å². The maximum atomic E-state index is 13.0. The predicted molar refractivity (Wildman–Crippen MR) is 145 cm³/mol. The van der Waals surface area contributed by atoms with E-state index in [1.807, 2.05) is 24.3 Å². The van der Waals surface area contributed by atoms with Gasteiger partial charge < -0.3 is 19.3 Å². The Bertz CT molecular complexity index is 1190. The molecule has 6 nitrogen and oxygen atoms in total. The molecule has 186 valence electrons. The molecule has 0 aliphatic carbocycles. The summed E-state index contributed by atoms with van der Waals surface area (Å²) in [7, 11) is -6.16. The number of carbonyl (C=O) groups is 2. The van der Waals surface area contributed by atoms with Gasteiger partial charge in [0.15, 0.2) is 14.3 Å². The summed E-state index contributed by atoms with van der Waals surface area (Å²) in [6.45, 7) is 0. The molecule has 2 N–H and O–H groups in total. The average molecular weight is 633 g/mol. The monoisotopic (exact) mass is 634 g/mol. The molecule has 0 unspecified atom stereocenters. The standard InChI is InChI=1S/2C14H13O3P.Cd/c2*15-14(16)11-18(17,12-7-3-1-4-8-12)13-9-5-2-6-10-13;/h2*1-10H,11H2,(H,15,16);. The number of aliphatic carboxylic acids is 2. The van der Waals surface area contributed by atoms with Gasteiger partial charge in [-0.25, -0.2) is 0 Å². The van der Waals surface area contributed by atoms with Gasteiger partial charge in [-0.2, -0.15) is 0 Å². The van der Waals surface area contributed by atoms with Crippen LogP contribution in [0.3, 0.4) is 0 Å². The zero-order valence-corrected chi connectivity index (χ0v) is 25.9. The third-order valence-corrected chi connectivity index (χ3v) is 11.4. The summed E-state index contributed by atoms with van der Waals surface area (Å²) in [5.74, 6) is -2.10. The minimum absolute atomic E-state index is 0. The number of carboxylic acids is 2. The molecule has 0 radical (unpaired) electrons. The van der Waals surface area contributed by atoms with Crippen LogP contribution in [0, 0.1) is 0 Å². The SMILES string of the molecule is O=C(O)CP(=O)(c1ccccc1)c1ccccc1.O=C(O)CP(=O)(c1ccccc1)c1ccccc1.[Cd]. The molecule has 0 saturated heterocycles. The van der Waals surface area contributed by atoms with Gasteiger partial charge in [0.2, 0.25) is 0 Å². The summed E-state index contributed by atoms with van der Waals surface area (Å²) in [5.41, 5.74) is 0. The fraction of sp³-hybridized carbons (Fsp3) is 0.0714. The summed E-state index contributed by atoms with van der Waals surface area (Å²) in [6, 6.07) is 35.2. The molecule has 37 heavy (non-hydrogen) atoms. The van der Waals surface area contributed by atoms with E-state index in [1.54, 1.807) is 97.1 Å². The third kappa shape index (κ3) is 8.09. The molecule has 0 bridgehead atoms. The molecule has 4 rings (SSSR count). The predicted octanol–water partition coefficient (Wildman–Crippen LogP) is 4.17. The molecule has 9 heteroatoms. The molecule has 0 heterocycles. The van der Waals surface area contributed by atoms with Gasteiger partial charge in [0, 0.05) is 48.5 Å². The third-order valence-electron chi connectivity index (χ3n) is 5.41. The van der Waals surface area contributed by atoms with Crippen molar-refractivity contribution in [3.8, 4) is 0 Å². The quantitative estimate of drug-likeness (QED) is 0.223. The van der Waals surface area contributed by atoms with Crippen LogP contribution in [0.1, 0.15) is 0 Å². The van der Waals surface area contributed by atoms with Gasteiger partial charge >= 0.3 is 11.9 Å². The molecule has 0 fully saturated rings. The van der Waals surface area contributed by atoms with Gasteiger partial charge in [0.05, 0.1) is 0 Å². The summed E-state index contributed by atoms with van der Waals surface area (Å²) in [4.78, 5) is 22.0. The Balaban J connectivity index is 0.000000253. The molecular weight excluding hydrogens is 607 g/mol. The normalized spacial score (nSPS) is 10.8. The van der Waals surface area contributed by atoms with Gasteiger partial charge in [-0.3, -0.25) is 9.59 Å². The second-order valence-corrected chi connectivity index (χ2v) is 13.6. The number of carboxylic acid groups (broad SMARTS) is 2. The Morgan fingerprint density at radius 2 is 0.649 bits per heavy atom. The maximum Gasteiger partial charge on any atom is 0.311 e. The zero-order chi connectivity index (χ0) is 26.0. The largest absolute Gasteiger partial charge is 0.481 e. The van der Waals surface area contributed by atoms with Crippen molar-refractivity contribution in [1.29, 1.82) is 0 Å². The zero-order valence-electron chi connectivity index (χ0n) is 20.1. The number of hydrogen-bond acceptors (Lipinski definition) is 4. The van der Waals surface area contributed by atoms with Crippen LogP contribution >= 0.6 is 14.3 Å². The molecule has 4 aromatic carbocycles. The Labute approximate surface area is 236 Å². The van der Waals surface area contributed by atoms with E-state index in [1.165, 1.54) is 0 Å². The van der Waals surface area contributed by atoms with E-state index in [2.05, 4.69) is 0 Å². The molecule has 4 aromatic rings. The Morgan fingerprint density at radius 1 is 0.459 bits per heavy atom. The van der Waals surface area contributed by atoms with Crippen molar-refractivity contribution in [3.63, 3.8) is 0 Å². The van der Waals surface area contributed by atoms with Crippen molar-refractivity contribution in [2.75, 3.05) is 12.3 Å². The molecular formula is C28H26CdO6P2. The van der Waals surface area contributed by atoms with E-state index in [4.69, 9.17) is 10.2 Å². The minimum Gasteiger partial charge on any atom is -0.481 e. The van der Waals surface area contributed by atoms with Crippen molar-refractivity contribution in [3.05, 3.63) is 121 Å². The van der Waals surface area contributed by atoms with Crippen LogP contribution in [-0.4, -0.2) is 34.5 Å². The summed E-state index contributed by atoms with van der Waals surface area (Å²) in [5, 5.41) is 20.3. The van der Waals surface area contributed by atoms with Crippen LogP contribution in [0.25, 0.3) is 0 Å². The van der Waals surface area contributed by atoms with Crippen molar-refractivity contribution < 1.29 is 56.2 Å². The first-order valence-electron chi connectivity index (χ1n) is 11.1. The van der Waals surface area contributed by atoms with Crippen molar-refractivity contribution in [2.24, 2.45) is 0 Å². The van der Waals surface area contributed by atoms with Crippen LogP contribution in [0.2, 0.25) is 0 Å². The minimum atomic E-state index is -3.08. The molecule has 0 aliphatic heterocycles. The van der Waals surface area contributed by atoms with Crippen molar-refractivity contribution >= 4 is 47.4 Å². The second kappa shape index (κ2) is 14.2. The van der Waals surface area contributed by atoms with Gasteiger partial charge in [-0.1, -0.05) is 121 Å². The van der Waals surface area contributed by atoms with Gasteiger partial charge in [-0.15, -0.1) is 0 Å². The Kier molecular flexibility index (Phi) is 11.7. The topological polar surface area (TPSA) is 109 Å². The second-order valence-electron chi connectivity index (χ2n) is 7.93. The maximum absolute atomic E-state index is 13.0. The number of benzene rings is 4.